The lowest BCUT2D eigenvalue weighted by Gasteiger charge is -2.66. The number of hydrogen-bond acceptors (Lipinski definition) is 10. The molecule has 1 aromatic rings. The first-order valence-electron chi connectivity index (χ1n) is 16.9. The molecule has 1 saturated heterocycles. The van der Waals surface area contributed by atoms with Gasteiger partial charge in [0.05, 0.1) is 36.1 Å². The number of esters is 1. The Kier molecular flexibility index (Phi) is 8.02. The van der Waals surface area contributed by atoms with Crippen molar-refractivity contribution in [2.75, 3.05) is 6.61 Å². The van der Waals surface area contributed by atoms with Gasteiger partial charge in [0.2, 0.25) is 0 Å². The molecule has 0 amide bonds. The van der Waals surface area contributed by atoms with E-state index in [1.165, 1.54) is 0 Å². The van der Waals surface area contributed by atoms with E-state index in [0.29, 0.717) is 51.7 Å². The molecule has 1 aromatic heterocycles. The highest BCUT2D eigenvalue weighted by atomic mass is 16.7. The molecule has 7 rings (SSSR count). The maximum Gasteiger partial charge on any atom is 0.331 e. The van der Waals surface area contributed by atoms with Gasteiger partial charge in [-0.25, -0.2) is 4.79 Å². The number of nitrogens with zero attached hydrogens (tertiary/aromatic N) is 2. The lowest BCUT2D eigenvalue weighted by atomic mass is 9.41. The minimum atomic E-state index is -1.09. The summed E-state index contributed by atoms with van der Waals surface area (Å²) in [5, 5.41) is 45.9. The minimum Gasteiger partial charge on any atom is -0.458 e. The third-order valence-electron chi connectivity index (χ3n) is 13.0. The Morgan fingerprint density at radius 3 is 2.67 bits per heavy atom. The average molecular weight is 625 g/mol. The van der Waals surface area contributed by atoms with Gasteiger partial charge in [-0.2, -0.15) is 0 Å². The number of aliphatic hydroxyl groups excluding tert-OH is 2. The standard InChI is InChI=1S/C35H48N2O8/c1-21-31(40)28(38)15-30(44-21)45-24-5-10-33(20-37-18-22-4-3-13-36-17-22)26-6-9-32(2)25(23-14-29(39)43-19-23)8-12-35(32,42)27(26)7-11-34(33,41)16-24/h3-4,13-14,17,20-21,24-28,30-31,38,40-42H,5-12,15-16,18-19H2,1-2H3/t21-,24-,25-,26+,27-,28-,30+,31-,32-,33+,34+,35-/m1/s1. The fourth-order valence-electron chi connectivity index (χ4n) is 10.6. The molecular formula is C35H48N2O8. The fraction of sp³-hybridized carbons (Fsp3) is 0.743. The van der Waals surface area contributed by atoms with Gasteiger partial charge >= 0.3 is 5.97 Å². The number of hydrogen-bond donors (Lipinski definition) is 4. The van der Waals surface area contributed by atoms with Crippen molar-refractivity contribution in [3.8, 4) is 0 Å². The topological polar surface area (TPSA) is 151 Å². The van der Waals surface area contributed by atoms with Crippen LogP contribution in [0.25, 0.3) is 0 Å². The molecule has 12 atom stereocenters. The van der Waals surface area contributed by atoms with Gasteiger partial charge in [-0.1, -0.05) is 13.0 Å². The van der Waals surface area contributed by atoms with Crippen molar-refractivity contribution >= 4 is 12.2 Å². The number of fused-ring (bicyclic) bond motifs is 5. The Hall–Kier alpha value is -2.21. The number of ether oxygens (including phenoxy) is 3. The zero-order chi connectivity index (χ0) is 31.6. The van der Waals surface area contributed by atoms with Crippen LogP contribution in [0, 0.1) is 28.6 Å². The van der Waals surface area contributed by atoms with Crippen LogP contribution in [0.5, 0.6) is 0 Å². The summed E-state index contributed by atoms with van der Waals surface area (Å²) < 4.78 is 17.5. The van der Waals surface area contributed by atoms with Gasteiger partial charge in [0, 0.05) is 48.4 Å². The molecule has 4 aliphatic carbocycles. The third-order valence-corrected chi connectivity index (χ3v) is 13.0. The fourth-order valence-corrected chi connectivity index (χ4v) is 10.6. The number of pyridine rings is 1. The largest absolute Gasteiger partial charge is 0.458 e. The van der Waals surface area contributed by atoms with E-state index >= 15 is 0 Å². The molecule has 0 unspecified atom stereocenters. The quantitative estimate of drug-likeness (QED) is 0.212. The van der Waals surface area contributed by atoms with E-state index in [-0.39, 0.29) is 41.7 Å². The molecule has 246 valence electrons. The van der Waals surface area contributed by atoms with Crippen molar-refractivity contribution in [3.05, 3.63) is 41.7 Å². The van der Waals surface area contributed by atoms with Gasteiger partial charge in [-0.15, -0.1) is 0 Å². The van der Waals surface area contributed by atoms with E-state index < -0.39 is 41.2 Å². The Morgan fingerprint density at radius 2 is 1.93 bits per heavy atom. The van der Waals surface area contributed by atoms with E-state index in [1.54, 1.807) is 19.2 Å². The van der Waals surface area contributed by atoms with Crippen LogP contribution in [0.3, 0.4) is 0 Å². The van der Waals surface area contributed by atoms with E-state index in [0.717, 1.165) is 30.4 Å². The summed E-state index contributed by atoms with van der Waals surface area (Å²) in [5.74, 6) is -0.171. The van der Waals surface area contributed by atoms with Crippen molar-refractivity contribution < 1.29 is 39.4 Å². The second kappa shape index (κ2) is 11.5. The molecule has 4 saturated carbocycles. The van der Waals surface area contributed by atoms with Crippen molar-refractivity contribution in [1.82, 2.24) is 4.98 Å². The number of aromatic nitrogens is 1. The molecular weight excluding hydrogens is 576 g/mol. The molecule has 0 radical (unpaired) electrons. The molecule has 5 fully saturated rings. The Morgan fingerprint density at radius 1 is 1.11 bits per heavy atom. The van der Waals surface area contributed by atoms with Gasteiger partial charge in [0.1, 0.15) is 12.7 Å². The first kappa shape index (κ1) is 31.4. The van der Waals surface area contributed by atoms with Gasteiger partial charge in [-0.05, 0) is 93.2 Å². The average Bonchev–Trinajstić information content (AvgIpc) is 3.56. The molecule has 0 bridgehead atoms. The first-order chi connectivity index (χ1) is 21.5. The predicted molar refractivity (Wildman–Crippen MR) is 164 cm³/mol. The summed E-state index contributed by atoms with van der Waals surface area (Å²) in [5.41, 5.74) is -1.03. The highest BCUT2D eigenvalue weighted by Gasteiger charge is 2.71. The maximum absolute atomic E-state index is 12.7. The molecule has 10 heteroatoms. The Labute approximate surface area is 264 Å². The van der Waals surface area contributed by atoms with E-state index in [1.807, 2.05) is 24.5 Å². The van der Waals surface area contributed by atoms with Gasteiger partial charge < -0.3 is 34.6 Å². The molecule has 0 aromatic carbocycles. The zero-order valence-corrected chi connectivity index (χ0v) is 26.4. The number of rotatable bonds is 6. The summed E-state index contributed by atoms with van der Waals surface area (Å²) in [4.78, 5) is 21.2. The van der Waals surface area contributed by atoms with Gasteiger partial charge in [-0.3, -0.25) is 9.98 Å². The number of cyclic esters (lactones) is 1. The van der Waals surface area contributed by atoms with Crippen molar-refractivity contribution in [2.24, 2.45) is 33.6 Å². The lowest BCUT2D eigenvalue weighted by Crippen LogP contribution is -2.69. The van der Waals surface area contributed by atoms with Crippen molar-refractivity contribution in [1.29, 1.82) is 0 Å². The zero-order valence-electron chi connectivity index (χ0n) is 26.4. The summed E-state index contributed by atoms with van der Waals surface area (Å²) >= 11 is 0. The highest BCUT2D eigenvalue weighted by molar-refractivity contribution is 5.85. The lowest BCUT2D eigenvalue weighted by molar-refractivity contribution is -0.282. The van der Waals surface area contributed by atoms with Crippen LogP contribution < -0.4 is 0 Å². The van der Waals surface area contributed by atoms with Gasteiger partial charge in [0.15, 0.2) is 6.29 Å². The molecule has 6 aliphatic rings. The number of carbonyl (C=O) groups is 1. The molecule has 2 aliphatic heterocycles. The van der Waals surface area contributed by atoms with E-state index in [2.05, 4.69) is 11.9 Å². The minimum absolute atomic E-state index is 0.0124. The third kappa shape index (κ3) is 5.02. The molecule has 3 heterocycles. The number of carbonyl (C=O) groups excluding carboxylic acids is 1. The second-order valence-electron chi connectivity index (χ2n) is 15.0. The molecule has 10 nitrogen and oxygen atoms in total. The van der Waals surface area contributed by atoms with Crippen LogP contribution >= 0.6 is 0 Å². The Bertz CT molecular complexity index is 1330. The summed E-state index contributed by atoms with van der Waals surface area (Å²) in [7, 11) is 0. The molecule has 45 heavy (non-hydrogen) atoms. The van der Waals surface area contributed by atoms with E-state index in [4.69, 9.17) is 19.2 Å². The second-order valence-corrected chi connectivity index (χ2v) is 15.0. The van der Waals surface area contributed by atoms with Crippen LogP contribution in [0.4, 0.5) is 0 Å². The number of aliphatic imine (C=N–C) groups is 1. The summed E-state index contributed by atoms with van der Waals surface area (Å²) in [6.07, 6.45) is 10.2. The number of aliphatic hydroxyl groups is 4. The van der Waals surface area contributed by atoms with Crippen molar-refractivity contribution in [2.45, 2.75) is 127 Å². The van der Waals surface area contributed by atoms with E-state index in [9.17, 15) is 25.2 Å². The van der Waals surface area contributed by atoms with Gasteiger partial charge in [0.25, 0.3) is 0 Å². The SMILES string of the molecule is C[C@H]1O[C@@H](O[C@@H]2CC[C@]3(C=NCc4cccnc4)[C@H]4CC[C@]5(C)[C@@H](C6=CC(=O)OC6)CC[C@@]5(O)[C@@H]4CC[C@]3(O)C2)C[C@@H](O)[C@@H]1O. The van der Waals surface area contributed by atoms with Crippen LogP contribution in [0.2, 0.25) is 0 Å². The molecule has 4 N–H and O–H groups in total. The predicted octanol–water partition coefficient (Wildman–Crippen LogP) is 3.25. The summed E-state index contributed by atoms with van der Waals surface area (Å²) in [6, 6.07) is 3.90. The first-order valence-corrected chi connectivity index (χ1v) is 16.9. The highest BCUT2D eigenvalue weighted by Crippen LogP contribution is 2.70. The smallest absolute Gasteiger partial charge is 0.331 e. The maximum atomic E-state index is 12.7. The van der Waals surface area contributed by atoms with Crippen molar-refractivity contribution in [3.63, 3.8) is 0 Å². The monoisotopic (exact) mass is 624 g/mol. The summed E-state index contributed by atoms with van der Waals surface area (Å²) in [6.45, 7) is 4.71. The van der Waals surface area contributed by atoms with Crippen LogP contribution in [-0.4, -0.2) is 86.1 Å². The molecule has 0 spiro atoms. The van der Waals surface area contributed by atoms with Crippen LogP contribution in [0.1, 0.15) is 83.6 Å². The normalized spacial score (nSPS) is 48.0. The van der Waals surface area contributed by atoms with Crippen LogP contribution in [-0.2, 0) is 25.5 Å². The Balaban J connectivity index is 1.17. The van der Waals surface area contributed by atoms with Crippen LogP contribution in [0.15, 0.2) is 41.2 Å².